The quantitative estimate of drug-likeness (QED) is 0.444. The topological polar surface area (TPSA) is 26.3 Å². The highest BCUT2D eigenvalue weighted by molar-refractivity contribution is 7.79. The fourth-order valence-electron chi connectivity index (χ4n) is 2.71. The predicted octanol–water partition coefficient (Wildman–Crippen LogP) is 3.62. The van der Waals surface area contributed by atoms with E-state index in [9.17, 15) is 4.79 Å². The molecule has 1 unspecified atom stereocenters. The van der Waals surface area contributed by atoms with Gasteiger partial charge in [-0.3, -0.25) is 0 Å². The number of rotatable bonds is 4. The van der Waals surface area contributed by atoms with Crippen LogP contribution >= 0.6 is 7.92 Å². The highest BCUT2D eigenvalue weighted by Gasteiger charge is 2.49. The molecule has 2 nitrogen and oxygen atoms in total. The third-order valence-corrected chi connectivity index (χ3v) is 19.3. The van der Waals surface area contributed by atoms with Crippen LogP contribution in [0.15, 0.2) is 11.1 Å². The Bertz CT molecular complexity index is 312. The third-order valence-electron chi connectivity index (χ3n) is 2.79. The Labute approximate surface area is 102 Å². The molecule has 1 aliphatic rings. The molecule has 16 heavy (non-hydrogen) atoms. The summed E-state index contributed by atoms with van der Waals surface area (Å²) in [6.07, 6.45) is 0. The minimum Gasteiger partial charge on any atom is -0.465 e. The van der Waals surface area contributed by atoms with Crippen molar-refractivity contribution in [3.05, 3.63) is 11.1 Å². The van der Waals surface area contributed by atoms with E-state index in [1.54, 1.807) is 0 Å². The van der Waals surface area contributed by atoms with Crippen LogP contribution in [0.1, 0.15) is 0 Å². The van der Waals surface area contributed by atoms with E-state index in [1.807, 2.05) is 0 Å². The molecule has 5 heteroatoms. The van der Waals surface area contributed by atoms with Crippen molar-refractivity contribution in [2.45, 2.75) is 44.2 Å². The van der Waals surface area contributed by atoms with Crippen molar-refractivity contribution in [1.29, 1.82) is 0 Å². The average molecular weight is 274 g/mol. The zero-order valence-electron chi connectivity index (χ0n) is 11.4. The minimum atomic E-state index is -1.19. The Balaban J connectivity index is 2.82. The van der Waals surface area contributed by atoms with Gasteiger partial charge in [0.2, 0.25) is 0 Å². The van der Waals surface area contributed by atoms with E-state index in [1.165, 1.54) is 7.11 Å². The molecule has 0 fully saturated rings. The van der Waals surface area contributed by atoms with E-state index >= 15 is 0 Å². The molecule has 1 aliphatic heterocycles. The van der Waals surface area contributed by atoms with Gasteiger partial charge in [0.15, 0.2) is 0 Å². The molecule has 1 heterocycles. The Hall–Kier alpha value is 0.0738. The normalized spacial score (nSPS) is 20.8. The van der Waals surface area contributed by atoms with Gasteiger partial charge in [0, 0.05) is 16.1 Å². The molecule has 0 aromatic carbocycles. The average Bonchev–Trinajstić information content (AvgIpc) is 2.77. The first-order valence-corrected chi connectivity index (χ1v) is 14.3. The molecule has 92 valence electrons. The van der Waals surface area contributed by atoms with Gasteiger partial charge >= 0.3 is 5.97 Å². The molecule has 0 N–H and O–H groups in total. The molecule has 0 aliphatic carbocycles. The summed E-state index contributed by atoms with van der Waals surface area (Å²) in [6, 6.07) is 0. The van der Waals surface area contributed by atoms with Gasteiger partial charge in [0.25, 0.3) is 0 Å². The van der Waals surface area contributed by atoms with Crippen molar-refractivity contribution in [2.24, 2.45) is 0 Å². The van der Waals surface area contributed by atoms with Gasteiger partial charge < -0.3 is 4.74 Å². The standard InChI is InChI=1S/C11H23O2PSi2/c1-13-10(12)9-8-14(9)11(15(2,3)4)16(5,6)7/h8,11H,1-7H3. The van der Waals surface area contributed by atoms with Crippen LogP contribution in [0.5, 0.6) is 0 Å². The van der Waals surface area contributed by atoms with Crippen molar-refractivity contribution < 1.29 is 9.53 Å². The maximum Gasteiger partial charge on any atom is 0.338 e. The van der Waals surface area contributed by atoms with E-state index < -0.39 is 16.1 Å². The van der Waals surface area contributed by atoms with Crippen molar-refractivity contribution >= 4 is 30.0 Å². The molecule has 0 aromatic heterocycles. The molecule has 0 saturated heterocycles. The van der Waals surface area contributed by atoms with E-state index in [-0.39, 0.29) is 13.9 Å². The Morgan fingerprint density at radius 1 is 1.19 bits per heavy atom. The van der Waals surface area contributed by atoms with Crippen LogP contribution in [0.25, 0.3) is 0 Å². The van der Waals surface area contributed by atoms with Crippen molar-refractivity contribution in [2.75, 3.05) is 7.11 Å². The van der Waals surface area contributed by atoms with Crippen LogP contribution in [0.3, 0.4) is 0 Å². The summed E-state index contributed by atoms with van der Waals surface area (Å²) in [4.78, 5) is 12.3. The van der Waals surface area contributed by atoms with Crippen molar-refractivity contribution in [3.8, 4) is 0 Å². The van der Waals surface area contributed by atoms with Gasteiger partial charge in [-0.05, 0) is 18.6 Å². The van der Waals surface area contributed by atoms with E-state index in [2.05, 4.69) is 45.1 Å². The molecule has 1 rings (SSSR count). The first-order chi connectivity index (χ1) is 7.09. The first kappa shape index (κ1) is 14.1. The van der Waals surface area contributed by atoms with Crippen LogP contribution in [-0.4, -0.2) is 34.1 Å². The number of hydrogen-bond donors (Lipinski definition) is 0. The smallest absolute Gasteiger partial charge is 0.338 e. The molecule has 0 spiro atoms. The highest BCUT2D eigenvalue weighted by Crippen LogP contribution is 2.68. The number of esters is 1. The summed E-state index contributed by atoms with van der Waals surface area (Å²) in [5.41, 5.74) is 0. The van der Waals surface area contributed by atoms with Gasteiger partial charge in [-0.15, -0.1) is 0 Å². The lowest BCUT2D eigenvalue weighted by Crippen LogP contribution is -2.51. The molecule has 0 bridgehead atoms. The second-order valence-electron chi connectivity index (χ2n) is 6.55. The lowest BCUT2D eigenvalue weighted by molar-refractivity contribution is -0.135. The summed E-state index contributed by atoms with van der Waals surface area (Å²) in [5, 5.41) is 0.993. The summed E-state index contributed by atoms with van der Waals surface area (Å²) in [7, 11) is -1.16. The molecule has 1 atom stereocenters. The number of methoxy groups -OCH3 is 1. The molecule has 0 aromatic rings. The monoisotopic (exact) mass is 274 g/mol. The Kier molecular flexibility index (Phi) is 3.88. The van der Waals surface area contributed by atoms with Gasteiger partial charge in [0.05, 0.1) is 12.4 Å². The second kappa shape index (κ2) is 4.39. The highest BCUT2D eigenvalue weighted by atomic mass is 31.1. The fraction of sp³-hybridized carbons (Fsp3) is 0.727. The van der Waals surface area contributed by atoms with Gasteiger partial charge in [-0.1, -0.05) is 39.3 Å². The Morgan fingerprint density at radius 3 is 1.94 bits per heavy atom. The lowest BCUT2D eigenvalue weighted by atomic mass is 10.7. The van der Waals surface area contributed by atoms with Gasteiger partial charge in [0.1, 0.15) is 0 Å². The van der Waals surface area contributed by atoms with Gasteiger partial charge in [-0.2, -0.15) is 0 Å². The first-order valence-electron chi connectivity index (χ1n) is 5.67. The maximum atomic E-state index is 11.5. The van der Waals surface area contributed by atoms with Crippen LogP contribution in [0.2, 0.25) is 39.3 Å². The SMILES string of the molecule is COC(=O)C1=CP1C([Si](C)(C)C)[Si](C)(C)C. The molecule has 0 radical (unpaired) electrons. The largest absolute Gasteiger partial charge is 0.465 e. The molecule has 0 saturated carbocycles. The second-order valence-corrected chi connectivity index (χ2v) is 20.8. The number of carbonyl (C=O) groups is 1. The molecule has 0 amide bonds. The molecular weight excluding hydrogens is 251 g/mol. The summed E-state index contributed by atoms with van der Waals surface area (Å²) >= 11 is 0. The van der Waals surface area contributed by atoms with Crippen LogP contribution < -0.4 is 0 Å². The summed E-state index contributed by atoms with van der Waals surface area (Å²) in [6.45, 7) is 14.6. The van der Waals surface area contributed by atoms with Crippen molar-refractivity contribution in [1.82, 2.24) is 0 Å². The minimum absolute atomic E-state index is 0.0902. The lowest BCUT2D eigenvalue weighted by Gasteiger charge is -2.39. The van der Waals surface area contributed by atoms with E-state index in [0.717, 1.165) is 10.2 Å². The maximum absolute atomic E-state index is 11.5. The fourth-order valence-corrected chi connectivity index (χ4v) is 22.3. The number of carbonyl (C=O) groups excluding carboxylic acids is 1. The number of hydrogen-bond acceptors (Lipinski definition) is 2. The van der Waals surface area contributed by atoms with Crippen LogP contribution in [0.4, 0.5) is 0 Å². The third kappa shape index (κ3) is 3.05. The van der Waals surface area contributed by atoms with Gasteiger partial charge in [-0.25, -0.2) is 4.79 Å². The van der Waals surface area contributed by atoms with Crippen molar-refractivity contribution in [3.63, 3.8) is 0 Å². The van der Waals surface area contributed by atoms with Crippen LogP contribution in [-0.2, 0) is 9.53 Å². The summed E-state index contributed by atoms with van der Waals surface area (Å²) < 4.78 is 4.82. The molecular formula is C11H23O2PSi2. The Morgan fingerprint density at radius 2 is 1.62 bits per heavy atom. The summed E-state index contributed by atoms with van der Waals surface area (Å²) in [5.74, 6) is 2.09. The number of ether oxygens (including phenoxy) is 1. The predicted molar refractivity (Wildman–Crippen MR) is 77.5 cm³/mol. The zero-order chi connectivity index (χ0) is 12.7. The van der Waals surface area contributed by atoms with E-state index in [4.69, 9.17) is 4.74 Å². The van der Waals surface area contributed by atoms with Crippen LogP contribution in [0, 0.1) is 0 Å². The van der Waals surface area contributed by atoms with E-state index in [0.29, 0.717) is 0 Å². The zero-order valence-corrected chi connectivity index (χ0v) is 14.3.